The monoisotopic (exact) mass is 286 g/mol. The lowest BCUT2D eigenvalue weighted by Gasteiger charge is -2.07. The molecule has 0 heterocycles. The Balaban J connectivity index is 2.39. The van der Waals surface area contributed by atoms with Crippen LogP contribution in [0, 0.1) is 17.0 Å². The van der Waals surface area contributed by atoms with Crippen molar-refractivity contribution in [3.63, 3.8) is 0 Å². The van der Waals surface area contributed by atoms with Crippen LogP contribution in [0.3, 0.4) is 0 Å². The number of carbonyl (C=O) groups excluding carboxylic acids is 1. The first-order valence-corrected chi connectivity index (χ1v) is 6.08. The predicted octanol–water partition coefficient (Wildman–Crippen LogP) is 3.14. The molecule has 0 saturated heterocycles. The summed E-state index contributed by atoms with van der Waals surface area (Å²) in [5, 5.41) is 7.91. The fourth-order valence-electron chi connectivity index (χ4n) is 1.88. The Kier molecular flexibility index (Phi) is 4.23. The molecule has 0 bridgehead atoms. The van der Waals surface area contributed by atoms with Crippen molar-refractivity contribution < 1.29 is 13.6 Å². The molecular weight excluding hydrogens is 274 g/mol. The van der Waals surface area contributed by atoms with E-state index in [4.69, 9.17) is 11.1 Å². The van der Waals surface area contributed by atoms with Gasteiger partial charge in [0.1, 0.15) is 11.6 Å². The van der Waals surface area contributed by atoms with E-state index in [1.165, 1.54) is 48.5 Å². The van der Waals surface area contributed by atoms with E-state index < -0.39 is 11.6 Å². The number of rotatable bonds is 4. The van der Waals surface area contributed by atoms with E-state index in [2.05, 4.69) is 0 Å². The molecule has 3 N–H and O–H groups in total. The van der Waals surface area contributed by atoms with Gasteiger partial charge in [-0.1, -0.05) is 24.3 Å². The second-order valence-corrected chi connectivity index (χ2v) is 4.34. The van der Waals surface area contributed by atoms with E-state index in [-0.39, 0.29) is 22.5 Å². The summed E-state index contributed by atoms with van der Waals surface area (Å²) in [7, 11) is 0. The summed E-state index contributed by atoms with van der Waals surface area (Å²) in [6.07, 6.45) is 1.72. The van der Waals surface area contributed by atoms with Crippen molar-refractivity contribution in [2.75, 3.05) is 0 Å². The molecule has 0 aliphatic heterocycles. The van der Waals surface area contributed by atoms with Crippen molar-refractivity contribution in [3.05, 3.63) is 76.9 Å². The fourth-order valence-corrected chi connectivity index (χ4v) is 1.88. The first-order chi connectivity index (χ1) is 10.0. The third-order valence-electron chi connectivity index (χ3n) is 2.92. The average Bonchev–Trinajstić information content (AvgIpc) is 2.47. The summed E-state index contributed by atoms with van der Waals surface area (Å²) in [4.78, 5) is 10.9. The first kappa shape index (κ1) is 14.6. The topological polar surface area (TPSA) is 66.9 Å². The minimum Gasteiger partial charge on any atom is -0.398 e. The van der Waals surface area contributed by atoms with Crippen LogP contribution in [0.1, 0.15) is 21.5 Å². The van der Waals surface area contributed by atoms with Gasteiger partial charge >= 0.3 is 0 Å². The molecule has 3 nitrogen and oxygen atoms in total. The number of hydrogen-bond acceptors (Lipinski definition) is 3. The van der Waals surface area contributed by atoms with Crippen molar-refractivity contribution in [3.8, 4) is 0 Å². The second-order valence-electron chi connectivity index (χ2n) is 4.34. The quantitative estimate of drug-likeness (QED) is 0.669. The molecule has 2 aromatic carbocycles. The molecule has 2 rings (SSSR count). The van der Waals surface area contributed by atoms with Crippen LogP contribution in [0.5, 0.6) is 0 Å². The third-order valence-corrected chi connectivity index (χ3v) is 2.92. The summed E-state index contributed by atoms with van der Waals surface area (Å²) in [6.45, 7) is 0. The van der Waals surface area contributed by atoms with Gasteiger partial charge < -0.3 is 11.1 Å². The molecule has 0 radical (unpaired) electrons. The lowest BCUT2D eigenvalue weighted by atomic mass is 10.0. The minimum atomic E-state index is -0.673. The second kappa shape index (κ2) is 6.09. The van der Waals surface area contributed by atoms with Gasteiger partial charge in [-0.15, -0.1) is 0 Å². The van der Waals surface area contributed by atoms with Crippen LogP contribution in [-0.4, -0.2) is 12.0 Å². The molecule has 0 amide bonds. The van der Waals surface area contributed by atoms with Gasteiger partial charge in [-0.3, -0.25) is 4.79 Å². The third kappa shape index (κ3) is 3.20. The first-order valence-electron chi connectivity index (χ1n) is 6.08. The normalized spacial score (nSPS) is 11.2. The summed E-state index contributed by atoms with van der Waals surface area (Å²) >= 11 is 0. The van der Waals surface area contributed by atoms with Crippen LogP contribution in [0.2, 0.25) is 0 Å². The summed E-state index contributed by atoms with van der Waals surface area (Å²) in [5.74, 6) is -1.08. The van der Waals surface area contributed by atoms with Crippen LogP contribution >= 0.6 is 0 Å². The van der Waals surface area contributed by atoms with E-state index in [1.54, 1.807) is 0 Å². The van der Waals surface area contributed by atoms with Crippen molar-refractivity contribution in [2.24, 2.45) is 5.73 Å². The van der Waals surface area contributed by atoms with E-state index in [0.717, 1.165) is 0 Å². The molecule has 0 aromatic heterocycles. The number of halogens is 2. The summed E-state index contributed by atoms with van der Waals surface area (Å²) in [5.41, 5.74) is 6.23. The lowest BCUT2D eigenvalue weighted by molar-refractivity contribution is 0.112. The molecule has 0 fully saturated rings. The molecular formula is C16H12F2N2O. The van der Waals surface area contributed by atoms with Crippen molar-refractivity contribution in [1.29, 1.82) is 5.41 Å². The predicted molar refractivity (Wildman–Crippen MR) is 77.2 cm³/mol. The highest BCUT2D eigenvalue weighted by molar-refractivity contribution is 6.13. The van der Waals surface area contributed by atoms with Crippen LogP contribution in [0.15, 0.2) is 48.5 Å². The summed E-state index contributed by atoms with van der Waals surface area (Å²) in [6, 6.07) is 9.36. The molecule has 0 aliphatic rings. The number of nitrogens with one attached hydrogen (secondary N) is 1. The number of carbonyl (C=O) groups is 1. The van der Waals surface area contributed by atoms with Gasteiger partial charge in [0.05, 0.1) is 5.71 Å². The average molecular weight is 286 g/mol. The Morgan fingerprint density at radius 1 is 1.10 bits per heavy atom. The number of hydrogen-bond donors (Lipinski definition) is 2. The molecule has 106 valence electrons. The van der Waals surface area contributed by atoms with E-state index >= 15 is 0 Å². The number of benzene rings is 2. The Morgan fingerprint density at radius 3 is 2.38 bits per heavy atom. The van der Waals surface area contributed by atoms with Gasteiger partial charge in [-0.2, -0.15) is 0 Å². The van der Waals surface area contributed by atoms with Crippen LogP contribution in [0.25, 0.3) is 5.70 Å². The number of allylic oxidation sites excluding steroid dienone is 1. The fraction of sp³-hybridized carbons (Fsp3) is 0. The molecule has 5 heteroatoms. The van der Waals surface area contributed by atoms with E-state index in [0.29, 0.717) is 11.8 Å². The lowest BCUT2D eigenvalue weighted by Crippen LogP contribution is -2.07. The van der Waals surface area contributed by atoms with Gasteiger partial charge in [0.15, 0.2) is 6.29 Å². The van der Waals surface area contributed by atoms with Crippen LogP contribution in [0.4, 0.5) is 8.78 Å². The van der Waals surface area contributed by atoms with E-state index in [9.17, 15) is 13.6 Å². The van der Waals surface area contributed by atoms with Gasteiger partial charge in [-0.05, 0) is 29.8 Å². The zero-order chi connectivity index (χ0) is 15.4. The number of aldehydes is 1. The maximum Gasteiger partial charge on any atom is 0.150 e. The van der Waals surface area contributed by atoms with Crippen molar-refractivity contribution >= 4 is 17.7 Å². The maximum atomic E-state index is 13.8. The smallest absolute Gasteiger partial charge is 0.150 e. The highest BCUT2D eigenvalue weighted by Gasteiger charge is 2.12. The summed E-state index contributed by atoms with van der Waals surface area (Å²) < 4.78 is 26.6. The Morgan fingerprint density at radius 2 is 1.76 bits per heavy atom. The van der Waals surface area contributed by atoms with Gasteiger partial charge in [-0.25, -0.2) is 8.78 Å². The highest BCUT2D eigenvalue weighted by Crippen LogP contribution is 2.16. The standard InChI is InChI=1S/C16H12F2N2O/c17-12-6-4-10(5-7-12)14(19)8-15(20)16-11(9-21)2-1-3-13(16)18/h1-9,20H,19H2/b14-8-,20-15?. The minimum absolute atomic E-state index is 0.0724. The largest absolute Gasteiger partial charge is 0.398 e. The molecule has 0 atom stereocenters. The molecule has 21 heavy (non-hydrogen) atoms. The van der Waals surface area contributed by atoms with Gasteiger partial charge in [0, 0.05) is 16.8 Å². The molecule has 0 spiro atoms. The zero-order valence-corrected chi connectivity index (χ0v) is 10.9. The Labute approximate surface area is 120 Å². The van der Waals surface area contributed by atoms with Crippen LogP contribution < -0.4 is 5.73 Å². The SMILES string of the molecule is N=C(/C=C(\N)c1ccc(F)cc1)c1c(F)cccc1C=O. The molecule has 0 unspecified atom stereocenters. The molecule has 2 aromatic rings. The van der Waals surface area contributed by atoms with Gasteiger partial charge in [0.25, 0.3) is 0 Å². The zero-order valence-electron chi connectivity index (χ0n) is 10.9. The molecule has 0 aliphatic carbocycles. The van der Waals surface area contributed by atoms with Crippen LogP contribution in [-0.2, 0) is 0 Å². The maximum absolute atomic E-state index is 13.8. The number of nitrogens with two attached hydrogens (primary N) is 1. The Bertz CT molecular complexity index is 722. The van der Waals surface area contributed by atoms with E-state index in [1.807, 2.05) is 0 Å². The van der Waals surface area contributed by atoms with Crippen molar-refractivity contribution in [2.45, 2.75) is 0 Å². The molecule has 0 saturated carbocycles. The Hall–Kier alpha value is -2.82. The van der Waals surface area contributed by atoms with Crippen molar-refractivity contribution in [1.82, 2.24) is 0 Å². The highest BCUT2D eigenvalue weighted by atomic mass is 19.1. The van der Waals surface area contributed by atoms with Gasteiger partial charge in [0.2, 0.25) is 0 Å².